The highest BCUT2D eigenvalue weighted by molar-refractivity contribution is 6.31. The maximum atomic E-state index is 11.0. The van der Waals surface area contributed by atoms with Crippen LogP contribution in [0.3, 0.4) is 0 Å². The molecule has 0 spiro atoms. The summed E-state index contributed by atoms with van der Waals surface area (Å²) in [5.74, 6) is -1.16. The number of rotatable bonds is 4. The predicted octanol–water partition coefficient (Wildman–Crippen LogP) is 4.14. The molecule has 0 saturated heterocycles. The Morgan fingerprint density at radius 1 is 1.32 bits per heavy atom. The summed E-state index contributed by atoms with van der Waals surface area (Å²) in [6, 6.07) is 8.11. The smallest absolute Gasteiger partial charge is 0.306 e. The van der Waals surface area contributed by atoms with Crippen LogP contribution in [0.1, 0.15) is 32.5 Å². The van der Waals surface area contributed by atoms with Gasteiger partial charge in [-0.05, 0) is 37.4 Å². The topological polar surface area (TPSA) is 42.2 Å². The summed E-state index contributed by atoms with van der Waals surface area (Å²) in [4.78, 5) is 11.0. The summed E-state index contributed by atoms with van der Waals surface area (Å²) in [6.07, 6.45) is 0.528. The van der Waals surface area contributed by atoms with Gasteiger partial charge in [-0.3, -0.25) is 4.79 Å². The molecule has 1 aromatic carbocycles. The lowest BCUT2D eigenvalue weighted by atomic mass is 10.1. The van der Waals surface area contributed by atoms with E-state index in [0.29, 0.717) is 11.4 Å². The van der Waals surface area contributed by atoms with E-state index in [1.807, 2.05) is 18.2 Å². The van der Waals surface area contributed by atoms with Crippen LogP contribution in [0.4, 0.5) is 0 Å². The number of hydrogen-bond acceptors (Lipinski definition) is 1. The van der Waals surface area contributed by atoms with Crippen molar-refractivity contribution in [2.24, 2.45) is 5.92 Å². The lowest BCUT2D eigenvalue weighted by Crippen LogP contribution is -2.15. The molecule has 4 heteroatoms. The van der Waals surface area contributed by atoms with E-state index >= 15 is 0 Å². The van der Waals surface area contributed by atoms with Crippen molar-refractivity contribution in [1.82, 2.24) is 4.57 Å². The Labute approximate surface area is 117 Å². The second-order valence-electron chi connectivity index (χ2n) is 5.25. The molecule has 0 aliphatic heterocycles. The predicted molar refractivity (Wildman–Crippen MR) is 77.8 cm³/mol. The van der Waals surface area contributed by atoms with Gasteiger partial charge < -0.3 is 9.67 Å². The van der Waals surface area contributed by atoms with Crippen molar-refractivity contribution in [3.8, 4) is 0 Å². The summed E-state index contributed by atoms with van der Waals surface area (Å²) < 4.78 is 2.17. The Morgan fingerprint density at radius 3 is 2.58 bits per heavy atom. The maximum Gasteiger partial charge on any atom is 0.306 e. The number of carboxylic acid groups (broad SMARTS) is 1. The zero-order chi connectivity index (χ0) is 14.2. The molecule has 2 aromatic rings. The largest absolute Gasteiger partial charge is 0.481 e. The molecule has 1 heterocycles. The Balaban J connectivity index is 2.54. The van der Waals surface area contributed by atoms with Crippen molar-refractivity contribution in [2.45, 2.75) is 33.2 Å². The molecule has 102 valence electrons. The van der Waals surface area contributed by atoms with Gasteiger partial charge in [0.25, 0.3) is 0 Å². The molecule has 0 radical (unpaired) electrons. The number of nitrogens with zero attached hydrogens (tertiary/aromatic N) is 1. The first-order valence-electron chi connectivity index (χ1n) is 6.42. The standard InChI is InChI=1S/C15H18ClNO2/c1-9(2)17-13(6-10(3)15(18)19)7-11-4-5-12(16)8-14(11)17/h4-5,7-10H,6H2,1-3H3,(H,18,19). The molecule has 3 nitrogen and oxygen atoms in total. The third-order valence-corrected chi connectivity index (χ3v) is 3.57. The van der Waals surface area contributed by atoms with Crippen LogP contribution in [-0.4, -0.2) is 15.6 Å². The second kappa shape index (κ2) is 5.25. The number of carbonyl (C=O) groups is 1. The fourth-order valence-corrected chi connectivity index (χ4v) is 2.59. The van der Waals surface area contributed by atoms with Crippen molar-refractivity contribution in [3.05, 3.63) is 35.0 Å². The minimum atomic E-state index is -0.765. The molecule has 0 aliphatic rings. The molecule has 1 atom stereocenters. The summed E-state index contributed by atoms with van der Waals surface area (Å²) >= 11 is 6.05. The number of hydrogen-bond donors (Lipinski definition) is 1. The van der Waals surface area contributed by atoms with Gasteiger partial charge >= 0.3 is 5.97 Å². The van der Waals surface area contributed by atoms with E-state index in [-0.39, 0.29) is 6.04 Å². The van der Waals surface area contributed by atoms with Crippen LogP contribution in [0, 0.1) is 5.92 Å². The van der Waals surface area contributed by atoms with Gasteiger partial charge in [-0.2, -0.15) is 0 Å². The van der Waals surface area contributed by atoms with Crippen molar-refractivity contribution < 1.29 is 9.90 Å². The molecule has 1 aromatic heterocycles. The summed E-state index contributed by atoms with van der Waals surface area (Å²) in [5, 5.41) is 10.9. The summed E-state index contributed by atoms with van der Waals surface area (Å²) in [6.45, 7) is 5.92. The van der Waals surface area contributed by atoms with E-state index in [1.165, 1.54) is 0 Å². The van der Waals surface area contributed by atoms with Gasteiger partial charge in [0.15, 0.2) is 0 Å². The number of aromatic nitrogens is 1. The van der Waals surface area contributed by atoms with Crippen LogP contribution < -0.4 is 0 Å². The van der Waals surface area contributed by atoms with Crippen molar-refractivity contribution in [1.29, 1.82) is 0 Å². The van der Waals surface area contributed by atoms with E-state index in [2.05, 4.69) is 24.5 Å². The average molecular weight is 280 g/mol. The van der Waals surface area contributed by atoms with Crippen LogP contribution in [0.5, 0.6) is 0 Å². The first-order chi connectivity index (χ1) is 8.90. The lowest BCUT2D eigenvalue weighted by molar-refractivity contribution is -0.141. The third-order valence-electron chi connectivity index (χ3n) is 3.34. The van der Waals surface area contributed by atoms with Crippen LogP contribution in [0.2, 0.25) is 5.02 Å². The molecule has 2 rings (SSSR count). The van der Waals surface area contributed by atoms with Crippen LogP contribution >= 0.6 is 11.6 Å². The second-order valence-corrected chi connectivity index (χ2v) is 5.68. The fourth-order valence-electron chi connectivity index (χ4n) is 2.42. The molecular formula is C15H18ClNO2. The highest BCUT2D eigenvalue weighted by atomic mass is 35.5. The Morgan fingerprint density at radius 2 is 2.00 bits per heavy atom. The van der Waals surface area contributed by atoms with Crippen LogP contribution in [-0.2, 0) is 11.2 Å². The third kappa shape index (κ3) is 2.76. The number of aliphatic carboxylic acids is 1. The van der Waals surface area contributed by atoms with E-state index in [1.54, 1.807) is 6.92 Å². The van der Waals surface area contributed by atoms with Gasteiger partial charge in [-0.15, -0.1) is 0 Å². The highest BCUT2D eigenvalue weighted by Crippen LogP contribution is 2.28. The molecule has 0 amide bonds. The lowest BCUT2D eigenvalue weighted by Gasteiger charge is -2.16. The molecule has 1 unspecified atom stereocenters. The summed E-state index contributed by atoms with van der Waals surface area (Å²) in [5.41, 5.74) is 2.11. The SMILES string of the molecule is CC(Cc1cc2ccc(Cl)cc2n1C(C)C)C(=O)O. The molecule has 0 aliphatic carbocycles. The van der Waals surface area contributed by atoms with Crippen molar-refractivity contribution >= 4 is 28.5 Å². The quantitative estimate of drug-likeness (QED) is 0.914. The Hall–Kier alpha value is -1.48. The molecule has 0 saturated carbocycles. The molecule has 0 bridgehead atoms. The summed E-state index contributed by atoms with van der Waals surface area (Å²) in [7, 11) is 0. The Kier molecular flexibility index (Phi) is 3.85. The average Bonchev–Trinajstić information content (AvgIpc) is 2.65. The minimum absolute atomic E-state index is 0.270. The molecular weight excluding hydrogens is 262 g/mol. The van der Waals surface area contributed by atoms with Gasteiger partial charge in [0.05, 0.1) is 5.92 Å². The molecule has 19 heavy (non-hydrogen) atoms. The van der Waals surface area contributed by atoms with Gasteiger partial charge in [0.1, 0.15) is 0 Å². The molecule has 0 fully saturated rings. The number of halogens is 1. The number of carboxylic acids is 1. The molecule has 1 N–H and O–H groups in total. The van der Waals surface area contributed by atoms with Crippen LogP contribution in [0.15, 0.2) is 24.3 Å². The van der Waals surface area contributed by atoms with E-state index < -0.39 is 11.9 Å². The van der Waals surface area contributed by atoms with Gasteiger partial charge in [0, 0.05) is 28.7 Å². The zero-order valence-electron chi connectivity index (χ0n) is 11.4. The van der Waals surface area contributed by atoms with E-state index in [4.69, 9.17) is 16.7 Å². The van der Waals surface area contributed by atoms with E-state index in [9.17, 15) is 4.79 Å². The first kappa shape index (κ1) is 13.9. The number of fused-ring (bicyclic) bond motifs is 1. The van der Waals surface area contributed by atoms with Gasteiger partial charge in [-0.25, -0.2) is 0 Å². The zero-order valence-corrected chi connectivity index (χ0v) is 12.1. The van der Waals surface area contributed by atoms with Crippen molar-refractivity contribution in [3.63, 3.8) is 0 Å². The van der Waals surface area contributed by atoms with Crippen LogP contribution in [0.25, 0.3) is 10.9 Å². The van der Waals surface area contributed by atoms with Gasteiger partial charge in [0.2, 0.25) is 0 Å². The fraction of sp³-hybridized carbons (Fsp3) is 0.400. The maximum absolute atomic E-state index is 11.0. The highest BCUT2D eigenvalue weighted by Gasteiger charge is 2.17. The van der Waals surface area contributed by atoms with Gasteiger partial charge in [-0.1, -0.05) is 24.6 Å². The van der Waals surface area contributed by atoms with E-state index in [0.717, 1.165) is 16.6 Å². The normalized spacial score (nSPS) is 13.1. The minimum Gasteiger partial charge on any atom is -0.481 e. The monoisotopic (exact) mass is 279 g/mol. The van der Waals surface area contributed by atoms with Crippen molar-refractivity contribution in [2.75, 3.05) is 0 Å². The first-order valence-corrected chi connectivity index (χ1v) is 6.80. The Bertz CT molecular complexity index is 616. The number of benzene rings is 1.